The molecule has 15 heavy (non-hydrogen) atoms. The third-order valence-corrected chi connectivity index (χ3v) is 2.55. The van der Waals surface area contributed by atoms with Gasteiger partial charge in [0, 0.05) is 6.04 Å². The van der Waals surface area contributed by atoms with Crippen LogP contribution in [0, 0.1) is 0 Å². The number of aliphatic hydroxyl groups is 1. The normalized spacial score (nSPS) is 26.9. The summed E-state index contributed by atoms with van der Waals surface area (Å²) in [5, 5.41) is 9.68. The van der Waals surface area contributed by atoms with Gasteiger partial charge in [-0.05, 0) is 40.0 Å². The minimum atomic E-state index is -0.676. The van der Waals surface area contributed by atoms with E-state index in [9.17, 15) is 9.90 Å². The highest BCUT2D eigenvalue weighted by molar-refractivity contribution is 5.69. The first-order valence-electron chi connectivity index (χ1n) is 5.54. The standard InChI is InChI=1S/C11H21NO3/c1-5-8-6-7-9(13)12(8)10(14)15-11(2,3)4/h8-9,13H,5-7H2,1-4H3/t8-,9?/m1/s1. The second-order valence-electron chi connectivity index (χ2n) is 5.01. The van der Waals surface area contributed by atoms with E-state index in [1.807, 2.05) is 27.7 Å². The highest BCUT2D eigenvalue weighted by atomic mass is 16.6. The van der Waals surface area contributed by atoms with Gasteiger partial charge in [0.1, 0.15) is 11.8 Å². The maximum absolute atomic E-state index is 11.8. The molecule has 0 aromatic rings. The van der Waals surface area contributed by atoms with E-state index in [1.165, 1.54) is 4.90 Å². The molecule has 0 saturated carbocycles. The van der Waals surface area contributed by atoms with Gasteiger partial charge in [-0.2, -0.15) is 0 Å². The van der Waals surface area contributed by atoms with E-state index in [-0.39, 0.29) is 6.04 Å². The van der Waals surface area contributed by atoms with Crippen molar-refractivity contribution in [2.45, 2.75) is 64.8 Å². The maximum atomic E-state index is 11.8. The number of hydrogen-bond acceptors (Lipinski definition) is 3. The van der Waals surface area contributed by atoms with Crippen LogP contribution in [0.25, 0.3) is 0 Å². The zero-order chi connectivity index (χ0) is 11.6. The molecule has 1 aliphatic heterocycles. The van der Waals surface area contributed by atoms with E-state index in [2.05, 4.69) is 0 Å². The fraction of sp³-hybridized carbons (Fsp3) is 0.909. The molecule has 88 valence electrons. The number of hydrogen-bond donors (Lipinski definition) is 1. The van der Waals surface area contributed by atoms with Crippen LogP contribution in [0.15, 0.2) is 0 Å². The predicted molar refractivity (Wildman–Crippen MR) is 57.4 cm³/mol. The van der Waals surface area contributed by atoms with Gasteiger partial charge in [0.2, 0.25) is 0 Å². The van der Waals surface area contributed by atoms with Crippen molar-refractivity contribution in [3.63, 3.8) is 0 Å². The SMILES string of the molecule is CC[C@@H]1CCC(O)N1C(=O)OC(C)(C)C. The lowest BCUT2D eigenvalue weighted by Gasteiger charge is -2.30. The second kappa shape index (κ2) is 4.39. The van der Waals surface area contributed by atoms with E-state index >= 15 is 0 Å². The average molecular weight is 215 g/mol. The first-order chi connectivity index (χ1) is 6.85. The molecule has 1 heterocycles. The number of carbonyl (C=O) groups excluding carboxylic acids is 1. The third-order valence-electron chi connectivity index (χ3n) is 2.55. The quantitative estimate of drug-likeness (QED) is 0.728. The molecule has 1 N–H and O–H groups in total. The molecule has 0 radical (unpaired) electrons. The first kappa shape index (κ1) is 12.3. The molecular formula is C11H21NO3. The number of aliphatic hydroxyl groups excluding tert-OH is 1. The van der Waals surface area contributed by atoms with Gasteiger partial charge in [0.15, 0.2) is 0 Å². The van der Waals surface area contributed by atoms with E-state index < -0.39 is 17.9 Å². The molecule has 1 fully saturated rings. The van der Waals surface area contributed by atoms with Crippen molar-refractivity contribution in [3.05, 3.63) is 0 Å². The molecule has 1 unspecified atom stereocenters. The average Bonchev–Trinajstić information content (AvgIpc) is 2.43. The minimum absolute atomic E-state index is 0.120. The number of amides is 1. The number of carbonyl (C=O) groups is 1. The highest BCUT2D eigenvalue weighted by Gasteiger charge is 2.37. The van der Waals surface area contributed by atoms with Gasteiger partial charge in [0.25, 0.3) is 0 Å². The molecular weight excluding hydrogens is 194 g/mol. The summed E-state index contributed by atoms with van der Waals surface area (Å²) in [4.78, 5) is 13.2. The van der Waals surface area contributed by atoms with Crippen LogP contribution >= 0.6 is 0 Å². The van der Waals surface area contributed by atoms with E-state index in [0.29, 0.717) is 6.42 Å². The minimum Gasteiger partial charge on any atom is -0.444 e. The van der Waals surface area contributed by atoms with Crippen LogP contribution in [-0.4, -0.2) is 34.0 Å². The van der Waals surface area contributed by atoms with Crippen molar-refractivity contribution in [3.8, 4) is 0 Å². The smallest absolute Gasteiger partial charge is 0.412 e. The van der Waals surface area contributed by atoms with Gasteiger partial charge in [-0.1, -0.05) is 6.92 Å². The number of nitrogens with zero attached hydrogens (tertiary/aromatic N) is 1. The van der Waals surface area contributed by atoms with Gasteiger partial charge >= 0.3 is 6.09 Å². The zero-order valence-corrected chi connectivity index (χ0v) is 9.99. The zero-order valence-electron chi connectivity index (χ0n) is 9.99. The number of likely N-dealkylation sites (tertiary alicyclic amines) is 1. The lowest BCUT2D eigenvalue weighted by Crippen LogP contribution is -2.43. The highest BCUT2D eigenvalue weighted by Crippen LogP contribution is 2.26. The molecule has 0 aromatic carbocycles. The third kappa shape index (κ3) is 3.09. The Kier molecular flexibility index (Phi) is 3.60. The Bertz CT molecular complexity index is 234. The van der Waals surface area contributed by atoms with Crippen molar-refractivity contribution < 1.29 is 14.6 Å². The molecule has 1 saturated heterocycles. The van der Waals surface area contributed by atoms with Crippen molar-refractivity contribution in [1.29, 1.82) is 0 Å². The summed E-state index contributed by atoms with van der Waals surface area (Å²) in [7, 11) is 0. The lowest BCUT2D eigenvalue weighted by atomic mass is 10.2. The fourth-order valence-electron chi connectivity index (χ4n) is 1.85. The molecule has 4 nitrogen and oxygen atoms in total. The van der Waals surface area contributed by atoms with Crippen molar-refractivity contribution >= 4 is 6.09 Å². The van der Waals surface area contributed by atoms with E-state index in [1.54, 1.807) is 0 Å². The molecule has 0 spiro atoms. The van der Waals surface area contributed by atoms with Gasteiger partial charge in [-0.25, -0.2) is 4.79 Å². The monoisotopic (exact) mass is 215 g/mol. The second-order valence-corrected chi connectivity index (χ2v) is 5.01. The van der Waals surface area contributed by atoms with Gasteiger partial charge in [-0.15, -0.1) is 0 Å². The summed E-state index contributed by atoms with van der Waals surface area (Å²) < 4.78 is 5.25. The Hall–Kier alpha value is -0.770. The summed E-state index contributed by atoms with van der Waals surface area (Å²) in [5.74, 6) is 0. The molecule has 1 rings (SSSR count). The van der Waals surface area contributed by atoms with Crippen LogP contribution in [0.5, 0.6) is 0 Å². The largest absolute Gasteiger partial charge is 0.444 e. The van der Waals surface area contributed by atoms with Gasteiger partial charge in [-0.3, -0.25) is 4.90 Å². The lowest BCUT2D eigenvalue weighted by molar-refractivity contribution is -0.0245. The van der Waals surface area contributed by atoms with Crippen LogP contribution in [0.4, 0.5) is 4.79 Å². The topological polar surface area (TPSA) is 49.8 Å². The molecule has 0 bridgehead atoms. The summed E-state index contributed by atoms with van der Waals surface area (Å²) in [5.41, 5.74) is -0.502. The Morgan fingerprint density at radius 3 is 2.53 bits per heavy atom. The van der Waals surface area contributed by atoms with Crippen LogP contribution < -0.4 is 0 Å². The first-order valence-corrected chi connectivity index (χ1v) is 5.54. The number of ether oxygens (including phenoxy) is 1. The van der Waals surface area contributed by atoms with Crippen LogP contribution in [-0.2, 0) is 4.74 Å². The van der Waals surface area contributed by atoms with E-state index in [4.69, 9.17) is 4.74 Å². The molecule has 0 aliphatic carbocycles. The van der Waals surface area contributed by atoms with Gasteiger partial charge in [0.05, 0.1) is 0 Å². The van der Waals surface area contributed by atoms with Crippen LogP contribution in [0.1, 0.15) is 47.0 Å². The fourth-order valence-corrected chi connectivity index (χ4v) is 1.85. The Morgan fingerprint density at radius 1 is 1.47 bits per heavy atom. The molecule has 1 aliphatic rings. The molecule has 1 amide bonds. The summed E-state index contributed by atoms with van der Waals surface area (Å²) in [6.07, 6.45) is 1.29. The number of rotatable bonds is 1. The summed E-state index contributed by atoms with van der Waals surface area (Å²) >= 11 is 0. The van der Waals surface area contributed by atoms with E-state index in [0.717, 1.165) is 12.8 Å². The van der Waals surface area contributed by atoms with Crippen LogP contribution in [0.2, 0.25) is 0 Å². The Labute approximate surface area is 91.2 Å². The Morgan fingerprint density at radius 2 is 2.07 bits per heavy atom. The molecule has 2 atom stereocenters. The maximum Gasteiger partial charge on any atom is 0.412 e. The van der Waals surface area contributed by atoms with Crippen molar-refractivity contribution in [2.75, 3.05) is 0 Å². The van der Waals surface area contributed by atoms with Crippen molar-refractivity contribution in [2.24, 2.45) is 0 Å². The van der Waals surface area contributed by atoms with Gasteiger partial charge < -0.3 is 9.84 Å². The van der Waals surface area contributed by atoms with Crippen molar-refractivity contribution in [1.82, 2.24) is 4.90 Å². The molecule has 0 aromatic heterocycles. The molecule has 4 heteroatoms. The van der Waals surface area contributed by atoms with Crippen LogP contribution in [0.3, 0.4) is 0 Å². The Balaban J connectivity index is 2.64. The summed E-state index contributed by atoms with van der Waals surface area (Å²) in [6, 6.07) is 0.120. The predicted octanol–water partition coefficient (Wildman–Crippen LogP) is 2.11. The summed E-state index contributed by atoms with van der Waals surface area (Å²) in [6.45, 7) is 7.50.